The third-order valence-electron chi connectivity index (χ3n) is 5.57. The Morgan fingerprint density at radius 3 is 2.47 bits per heavy atom. The quantitative estimate of drug-likeness (QED) is 0.296. The van der Waals surface area contributed by atoms with Crippen molar-refractivity contribution in [3.8, 4) is 11.5 Å². The molecule has 1 heterocycles. The fraction of sp³-hybridized carbons (Fsp3) is 0.185. The number of ether oxygens (including phenoxy) is 1. The molecule has 3 aromatic carbocycles. The number of aliphatic hydroxyl groups is 1. The van der Waals surface area contributed by atoms with Gasteiger partial charge in [0.2, 0.25) is 0 Å². The van der Waals surface area contributed by atoms with Crippen molar-refractivity contribution in [2.24, 2.45) is 0 Å². The van der Waals surface area contributed by atoms with E-state index in [1.165, 1.54) is 41.3 Å². The van der Waals surface area contributed by atoms with Crippen LogP contribution in [-0.4, -0.2) is 33.4 Å². The Labute approximate surface area is 196 Å². The second-order valence-electron chi connectivity index (χ2n) is 8.02. The first-order chi connectivity index (χ1) is 16.4. The third-order valence-corrected chi connectivity index (χ3v) is 5.57. The number of hydrogen-bond donors (Lipinski definition) is 2. The molecular formula is C27H24FNO5. The molecule has 174 valence electrons. The van der Waals surface area contributed by atoms with Crippen LogP contribution in [-0.2, 0) is 16.1 Å². The van der Waals surface area contributed by atoms with E-state index in [0.29, 0.717) is 29.0 Å². The number of carbonyl (C=O) groups excluding carboxylic acids is 2. The highest BCUT2D eigenvalue weighted by molar-refractivity contribution is 6.46. The monoisotopic (exact) mass is 461 g/mol. The highest BCUT2D eigenvalue weighted by atomic mass is 19.1. The molecule has 0 aromatic heterocycles. The molecule has 6 nitrogen and oxygen atoms in total. The maximum atomic E-state index is 13.4. The summed E-state index contributed by atoms with van der Waals surface area (Å²) in [6, 6.07) is 17.5. The Morgan fingerprint density at radius 1 is 1.03 bits per heavy atom. The van der Waals surface area contributed by atoms with Crippen LogP contribution in [0.3, 0.4) is 0 Å². The number of hydrogen-bond acceptors (Lipinski definition) is 5. The van der Waals surface area contributed by atoms with Gasteiger partial charge in [-0.15, -0.1) is 0 Å². The maximum Gasteiger partial charge on any atom is 0.295 e. The summed E-state index contributed by atoms with van der Waals surface area (Å²) >= 11 is 0. The van der Waals surface area contributed by atoms with Crippen molar-refractivity contribution in [2.45, 2.75) is 25.9 Å². The van der Waals surface area contributed by atoms with Gasteiger partial charge in [0.05, 0.1) is 18.2 Å². The molecular weight excluding hydrogens is 437 g/mol. The van der Waals surface area contributed by atoms with Crippen molar-refractivity contribution in [1.29, 1.82) is 0 Å². The summed E-state index contributed by atoms with van der Waals surface area (Å²) in [6.07, 6.45) is 0.808. The van der Waals surface area contributed by atoms with Crippen molar-refractivity contribution >= 4 is 17.4 Å². The van der Waals surface area contributed by atoms with Crippen molar-refractivity contribution in [2.75, 3.05) is 6.61 Å². The number of phenols is 1. The van der Waals surface area contributed by atoms with Crippen LogP contribution in [0.2, 0.25) is 0 Å². The molecule has 1 aliphatic heterocycles. The van der Waals surface area contributed by atoms with Crippen molar-refractivity contribution < 1.29 is 28.9 Å². The van der Waals surface area contributed by atoms with Crippen LogP contribution in [0, 0.1) is 5.82 Å². The fourth-order valence-corrected chi connectivity index (χ4v) is 3.98. The largest absolute Gasteiger partial charge is 0.508 e. The number of nitrogens with zero attached hydrogens (tertiary/aromatic N) is 1. The lowest BCUT2D eigenvalue weighted by Gasteiger charge is -2.25. The van der Waals surface area contributed by atoms with Gasteiger partial charge < -0.3 is 19.8 Å². The van der Waals surface area contributed by atoms with Crippen LogP contribution in [0.5, 0.6) is 11.5 Å². The normalized spacial score (nSPS) is 17.2. The number of Topliss-reactive ketones (excluding diaryl/α,β-unsaturated/α-hetero) is 1. The number of aromatic hydroxyl groups is 1. The summed E-state index contributed by atoms with van der Waals surface area (Å²) in [5, 5.41) is 21.2. The second kappa shape index (κ2) is 9.79. The van der Waals surface area contributed by atoms with Gasteiger partial charge in [0.25, 0.3) is 11.7 Å². The molecule has 1 unspecified atom stereocenters. The molecule has 1 amide bonds. The molecule has 0 aliphatic carbocycles. The molecule has 34 heavy (non-hydrogen) atoms. The molecule has 4 rings (SSSR count). The molecule has 3 aromatic rings. The minimum Gasteiger partial charge on any atom is -0.508 e. The Kier molecular flexibility index (Phi) is 6.63. The van der Waals surface area contributed by atoms with Crippen molar-refractivity contribution in [1.82, 2.24) is 4.90 Å². The number of likely N-dealkylation sites (tertiary alicyclic amines) is 1. The number of rotatable bonds is 7. The highest BCUT2D eigenvalue weighted by Gasteiger charge is 2.46. The van der Waals surface area contributed by atoms with Gasteiger partial charge in [-0.3, -0.25) is 9.59 Å². The molecule has 7 heteroatoms. The predicted octanol–water partition coefficient (Wildman–Crippen LogP) is 4.94. The fourth-order valence-electron chi connectivity index (χ4n) is 3.98. The third kappa shape index (κ3) is 4.64. The zero-order valence-corrected chi connectivity index (χ0v) is 18.6. The van der Waals surface area contributed by atoms with Crippen LogP contribution in [0.1, 0.15) is 36.1 Å². The van der Waals surface area contributed by atoms with Crippen LogP contribution in [0.15, 0.2) is 78.4 Å². The lowest BCUT2D eigenvalue weighted by molar-refractivity contribution is -0.140. The SMILES string of the molecule is CCCOc1cccc(/C(O)=C2/C(=O)C(=O)N(Cc3ccc(F)cc3)C2c2cccc(O)c2)c1. The Hall–Kier alpha value is -4.13. The van der Waals surface area contributed by atoms with E-state index in [9.17, 15) is 24.2 Å². The Morgan fingerprint density at radius 2 is 1.76 bits per heavy atom. The minimum atomic E-state index is -0.947. The molecule has 0 radical (unpaired) electrons. The number of benzene rings is 3. The average Bonchev–Trinajstić information content (AvgIpc) is 3.08. The molecule has 1 saturated heterocycles. The van der Waals surface area contributed by atoms with Crippen LogP contribution in [0.4, 0.5) is 4.39 Å². The van der Waals surface area contributed by atoms with Crippen LogP contribution >= 0.6 is 0 Å². The zero-order chi connectivity index (χ0) is 24.2. The van der Waals surface area contributed by atoms with Crippen LogP contribution < -0.4 is 4.74 Å². The van der Waals surface area contributed by atoms with E-state index < -0.39 is 23.5 Å². The zero-order valence-electron chi connectivity index (χ0n) is 18.6. The standard InChI is InChI=1S/C27H24FNO5/c1-2-13-34-22-8-4-6-19(15-22)25(31)23-24(18-5-3-7-21(30)14-18)29(27(33)26(23)32)16-17-9-11-20(28)12-10-17/h3-12,14-15,24,30-31H,2,13,16H2,1H3/b25-23-. The summed E-state index contributed by atoms with van der Waals surface area (Å²) in [7, 11) is 0. The van der Waals surface area contributed by atoms with E-state index in [-0.39, 0.29) is 23.6 Å². The van der Waals surface area contributed by atoms with Crippen molar-refractivity contribution in [3.05, 3.63) is 101 Å². The van der Waals surface area contributed by atoms with Gasteiger partial charge >= 0.3 is 0 Å². The number of phenolic OH excluding ortho intramolecular Hbond substituents is 1. The van der Waals surface area contributed by atoms with E-state index in [0.717, 1.165) is 6.42 Å². The first kappa shape index (κ1) is 23.0. The van der Waals surface area contributed by atoms with Gasteiger partial charge in [0.15, 0.2) is 0 Å². The topological polar surface area (TPSA) is 87.1 Å². The lowest BCUT2D eigenvalue weighted by Crippen LogP contribution is -2.29. The number of ketones is 1. The van der Waals surface area contributed by atoms with E-state index in [1.807, 2.05) is 6.92 Å². The molecule has 1 fully saturated rings. The average molecular weight is 461 g/mol. The lowest BCUT2D eigenvalue weighted by atomic mass is 9.95. The summed E-state index contributed by atoms with van der Waals surface area (Å²) in [5.74, 6) is -1.90. The van der Waals surface area contributed by atoms with E-state index >= 15 is 0 Å². The Balaban J connectivity index is 1.82. The predicted molar refractivity (Wildman–Crippen MR) is 125 cm³/mol. The molecule has 1 aliphatic rings. The molecule has 0 bridgehead atoms. The summed E-state index contributed by atoms with van der Waals surface area (Å²) in [4.78, 5) is 27.5. The summed E-state index contributed by atoms with van der Waals surface area (Å²) in [5.41, 5.74) is 1.31. The smallest absolute Gasteiger partial charge is 0.295 e. The van der Waals surface area contributed by atoms with E-state index in [1.54, 1.807) is 36.4 Å². The van der Waals surface area contributed by atoms with Gasteiger partial charge in [-0.25, -0.2) is 4.39 Å². The second-order valence-corrected chi connectivity index (χ2v) is 8.02. The van der Waals surface area contributed by atoms with Gasteiger partial charge in [-0.05, 0) is 53.9 Å². The first-order valence-corrected chi connectivity index (χ1v) is 10.9. The number of halogens is 1. The summed E-state index contributed by atoms with van der Waals surface area (Å²) in [6.45, 7) is 2.48. The number of carbonyl (C=O) groups is 2. The van der Waals surface area contributed by atoms with Gasteiger partial charge in [-0.1, -0.05) is 43.3 Å². The Bertz CT molecular complexity index is 1250. The van der Waals surface area contributed by atoms with E-state index in [2.05, 4.69) is 0 Å². The van der Waals surface area contributed by atoms with Crippen molar-refractivity contribution in [3.63, 3.8) is 0 Å². The molecule has 0 spiro atoms. The highest BCUT2D eigenvalue weighted by Crippen LogP contribution is 2.41. The van der Waals surface area contributed by atoms with Crippen LogP contribution in [0.25, 0.3) is 5.76 Å². The minimum absolute atomic E-state index is 0.0155. The molecule has 2 N–H and O–H groups in total. The maximum absolute atomic E-state index is 13.4. The molecule has 0 saturated carbocycles. The number of amides is 1. The number of aliphatic hydroxyl groups excluding tert-OH is 1. The summed E-state index contributed by atoms with van der Waals surface area (Å²) < 4.78 is 19.0. The van der Waals surface area contributed by atoms with Gasteiger partial charge in [-0.2, -0.15) is 0 Å². The van der Waals surface area contributed by atoms with Gasteiger partial charge in [0.1, 0.15) is 23.1 Å². The van der Waals surface area contributed by atoms with Gasteiger partial charge in [0, 0.05) is 12.1 Å². The first-order valence-electron chi connectivity index (χ1n) is 10.9. The molecule has 1 atom stereocenters. The van der Waals surface area contributed by atoms with E-state index in [4.69, 9.17) is 4.74 Å².